The molecule has 2 aromatic rings. The van der Waals surface area contributed by atoms with Crippen LogP contribution < -0.4 is 0 Å². The number of rotatable bonds is 0. The van der Waals surface area contributed by atoms with Gasteiger partial charge >= 0.3 is 0 Å². The summed E-state index contributed by atoms with van der Waals surface area (Å²) in [5.74, 6) is 0. The zero-order chi connectivity index (χ0) is 13.7. The Bertz CT molecular complexity index is 579. The van der Waals surface area contributed by atoms with Crippen molar-refractivity contribution in [1.82, 2.24) is 4.98 Å². The predicted octanol–water partition coefficient (Wildman–Crippen LogP) is 5.20. The number of thiazole rings is 1. The minimum absolute atomic E-state index is 0.137. The standard InChI is InChI=1S/C16H23NS/c1-10-8-11(15(2,3)4)9-12-13(10)17-14(18-12)16(5,6)7/h8-9H,1-7H3. The average Bonchev–Trinajstić information content (AvgIpc) is 2.59. The van der Waals surface area contributed by atoms with E-state index >= 15 is 0 Å². The molecule has 0 radical (unpaired) electrons. The van der Waals surface area contributed by atoms with E-state index in [2.05, 4.69) is 60.6 Å². The molecule has 0 spiro atoms. The molecule has 0 amide bonds. The lowest BCUT2D eigenvalue weighted by Crippen LogP contribution is -2.11. The van der Waals surface area contributed by atoms with E-state index in [4.69, 9.17) is 4.98 Å². The third-order valence-corrected chi connectivity index (χ3v) is 4.62. The highest BCUT2D eigenvalue weighted by Crippen LogP contribution is 2.35. The van der Waals surface area contributed by atoms with E-state index in [9.17, 15) is 0 Å². The molecule has 1 aromatic heterocycles. The van der Waals surface area contributed by atoms with E-state index in [-0.39, 0.29) is 10.8 Å². The minimum Gasteiger partial charge on any atom is -0.240 e. The Morgan fingerprint density at radius 1 is 0.944 bits per heavy atom. The number of hydrogen-bond acceptors (Lipinski definition) is 2. The van der Waals surface area contributed by atoms with E-state index in [0.29, 0.717) is 0 Å². The van der Waals surface area contributed by atoms with Crippen molar-refractivity contribution in [3.05, 3.63) is 28.3 Å². The number of aromatic nitrogens is 1. The van der Waals surface area contributed by atoms with Gasteiger partial charge in [0, 0.05) is 5.41 Å². The summed E-state index contributed by atoms with van der Waals surface area (Å²) in [6, 6.07) is 4.60. The second-order valence-corrected chi connectivity index (χ2v) is 8.19. The summed E-state index contributed by atoms with van der Waals surface area (Å²) in [4.78, 5) is 4.83. The van der Waals surface area contributed by atoms with Crippen LogP contribution in [0.4, 0.5) is 0 Å². The summed E-state index contributed by atoms with van der Waals surface area (Å²) < 4.78 is 1.32. The molecule has 0 aliphatic heterocycles. The Hall–Kier alpha value is -0.890. The van der Waals surface area contributed by atoms with E-state index < -0.39 is 0 Å². The highest BCUT2D eigenvalue weighted by Gasteiger charge is 2.21. The summed E-state index contributed by atoms with van der Waals surface area (Å²) in [7, 11) is 0. The predicted molar refractivity (Wildman–Crippen MR) is 81.8 cm³/mol. The topological polar surface area (TPSA) is 12.9 Å². The van der Waals surface area contributed by atoms with Crippen molar-refractivity contribution in [2.45, 2.75) is 59.3 Å². The van der Waals surface area contributed by atoms with Crippen LogP contribution in [0.2, 0.25) is 0 Å². The van der Waals surface area contributed by atoms with Crippen LogP contribution in [-0.4, -0.2) is 4.98 Å². The van der Waals surface area contributed by atoms with Gasteiger partial charge in [0.2, 0.25) is 0 Å². The second-order valence-electron chi connectivity index (χ2n) is 7.16. The molecule has 0 bridgehead atoms. The number of nitrogens with zero attached hydrogens (tertiary/aromatic N) is 1. The lowest BCUT2D eigenvalue weighted by Gasteiger charge is -2.19. The van der Waals surface area contributed by atoms with E-state index in [1.54, 1.807) is 0 Å². The van der Waals surface area contributed by atoms with Gasteiger partial charge in [0.25, 0.3) is 0 Å². The van der Waals surface area contributed by atoms with E-state index in [1.807, 2.05) is 11.3 Å². The smallest absolute Gasteiger partial charge is 0.0992 e. The fourth-order valence-electron chi connectivity index (χ4n) is 1.95. The molecular weight excluding hydrogens is 238 g/mol. The van der Waals surface area contributed by atoms with Gasteiger partial charge in [0.1, 0.15) is 0 Å². The summed E-state index contributed by atoms with van der Waals surface area (Å²) >= 11 is 1.84. The van der Waals surface area contributed by atoms with Gasteiger partial charge in [0.15, 0.2) is 0 Å². The molecule has 0 saturated heterocycles. The molecular formula is C16H23NS. The molecule has 1 nitrogen and oxygen atoms in total. The molecule has 2 heteroatoms. The van der Waals surface area contributed by atoms with Crippen LogP contribution in [0.3, 0.4) is 0 Å². The maximum atomic E-state index is 4.83. The van der Waals surface area contributed by atoms with Gasteiger partial charge in [-0.2, -0.15) is 0 Å². The number of benzene rings is 1. The van der Waals surface area contributed by atoms with Gasteiger partial charge in [-0.1, -0.05) is 47.6 Å². The summed E-state index contributed by atoms with van der Waals surface area (Å²) in [5, 5.41) is 1.23. The second kappa shape index (κ2) is 4.06. The highest BCUT2D eigenvalue weighted by molar-refractivity contribution is 7.18. The van der Waals surface area contributed by atoms with Crippen LogP contribution in [0.15, 0.2) is 12.1 Å². The number of fused-ring (bicyclic) bond motifs is 1. The van der Waals surface area contributed by atoms with Crippen molar-refractivity contribution in [2.24, 2.45) is 0 Å². The van der Waals surface area contributed by atoms with Crippen molar-refractivity contribution in [2.75, 3.05) is 0 Å². The first-order chi connectivity index (χ1) is 8.09. The third-order valence-electron chi connectivity index (χ3n) is 3.19. The first kappa shape index (κ1) is 13.5. The Kier molecular flexibility index (Phi) is 3.05. The molecule has 0 unspecified atom stereocenters. The fraction of sp³-hybridized carbons (Fsp3) is 0.562. The Morgan fingerprint density at radius 3 is 2.06 bits per heavy atom. The van der Waals surface area contributed by atoms with Crippen molar-refractivity contribution >= 4 is 21.6 Å². The zero-order valence-electron chi connectivity index (χ0n) is 12.5. The first-order valence-electron chi connectivity index (χ1n) is 6.51. The van der Waals surface area contributed by atoms with E-state index in [0.717, 1.165) is 0 Å². The van der Waals surface area contributed by atoms with Crippen LogP contribution in [-0.2, 0) is 10.8 Å². The van der Waals surface area contributed by atoms with Gasteiger partial charge < -0.3 is 0 Å². The van der Waals surface area contributed by atoms with E-state index in [1.165, 1.54) is 26.4 Å². The Labute approximate surface area is 114 Å². The van der Waals surface area contributed by atoms with Gasteiger partial charge in [-0.15, -0.1) is 11.3 Å². The fourth-order valence-corrected chi connectivity index (χ4v) is 3.09. The lowest BCUT2D eigenvalue weighted by molar-refractivity contribution is 0.586. The van der Waals surface area contributed by atoms with Crippen LogP contribution >= 0.6 is 11.3 Å². The molecule has 0 saturated carbocycles. The highest BCUT2D eigenvalue weighted by atomic mass is 32.1. The van der Waals surface area contributed by atoms with Crippen LogP contribution in [0.1, 0.15) is 57.7 Å². The minimum atomic E-state index is 0.137. The molecule has 0 aliphatic rings. The van der Waals surface area contributed by atoms with Gasteiger partial charge in [-0.25, -0.2) is 4.98 Å². The molecule has 2 rings (SSSR count). The monoisotopic (exact) mass is 261 g/mol. The van der Waals surface area contributed by atoms with Crippen molar-refractivity contribution in [3.8, 4) is 0 Å². The SMILES string of the molecule is Cc1cc(C(C)(C)C)cc2sc(C(C)(C)C)nc12. The summed E-state index contributed by atoms with van der Waals surface area (Å²) in [6.45, 7) is 15.6. The summed E-state index contributed by atoms with van der Waals surface area (Å²) in [6.07, 6.45) is 0. The van der Waals surface area contributed by atoms with Crippen molar-refractivity contribution < 1.29 is 0 Å². The number of aryl methyl sites for hydroxylation is 1. The molecule has 1 heterocycles. The third kappa shape index (κ3) is 2.44. The maximum Gasteiger partial charge on any atom is 0.0992 e. The van der Waals surface area contributed by atoms with Gasteiger partial charge in [0.05, 0.1) is 15.2 Å². The Balaban J connectivity index is 2.67. The van der Waals surface area contributed by atoms with Gasteiger partial charge in [-0.05, 0) is 29.5 Å². The normalized spacial score (nSPS) is 13.3. The first-order valence-corrected chi connectivity index (χ1v) is 7.33. The molecule has 0 atom stereocenters. The molecule has 0 N–H and O–H groups in total. The Morgan fingerprint density at radius 2 is 1.56 bits per heavy atom. The molecule has 18 heavy (non-hydrogen) atoms. The molecule has 98 valence electrons. The van der Waals surface area contributed by atoms with Crippen LogP contribution in [0.25, 0.3) is 10.2 Å². The van der Waals surface area contributed by atoms with Crippen molar-refractivity contribution in [1.29, 1.82) is 0 Å². The maximum absolute atomic E-state index is 4.83. The molecule has 1 aromatic carbocycles. The molecule has 0 fully saturated rings. The zero-order valence-corrected chi connectivity index (χ0v) is 13.3. The summed E-state index contributed by atoms with van der Waals surface area (Å²) in [5.41, 5.74) is 4.21. The van der Waals surface area contributed by atoms with Crippen LogP contribution in [0.5, 0.6) is 0 Å². The number of hydrogen-bond donors (Lipinski definition) is 0. The average molecular weight is 261 g/mol. The van der Waals surface area contributed by atoms with Crippen LogP contribution in [0, 0.1) is 6.92 Å². The van der Waals surface area contributed by atoms with Crippen molar-refractivity contribution in [3.63, 3.8) is 0 Å². The lowest BCUT2D eigenvalue weighted by atomic mass is 9.86. The van der Waals surface area contributed by atoms with Gasteiger partial charge in [-0.3, -0.25) is 0 Å². The molecule has 0 aliphatic carbocycles. The quantitative estimate of drug-likeness (QED) is 0.635. The largest absolute Gasteiger partial charge is 0.240 e.